The molecule has 1 saturated heterocycles. The highest BCUT2D eigenvalue weighted by Gasteiger charge is 2.38. The molecule has 4 amide bonds. The zero-order valence-electron chi connectivity index (χ0n) is 17.4. The van der Waals surface area contributed by atoms with E-state index in [2.05, 4.69) is 5.32 Å². The van der Waals surface area contributed by atoms with E-state index in [1.165, 1.54) is 12.1 Å². The summed E-state index contributed by atoms with van der Waals surface area (Å²) in [5, 5.41) is 3.38. The average molecular weight is 474 g/mol. The number of aryl methyl sites for hydroxylation is 1. The number of fused-ring (bicyclic) bond motifs is 1. The predicted molar refractivity (Wildman–Crippen MR) is 120 cm³/mol. The first-order valence-corrected chi connectivity index (χ1v) is 11.0. The lowest BCUT2D eigenvalue weighted by Gasteiger charge is -2.33. The molecule has 166 valence electrons. The van der Waals surface area contributed by atoms with Gasteiger partial charge < -0.3 is 10.2 Å². The molecule has 0 aromatic heterocycles. The summed E-state index contributed by atoms with van der Waals surface area (Å²) in [6, 6.07) is 10.0. The first-order chi connectivity index (χ1) is 15.3. The Kier molecular flexibility index (Phi) is 6.22. The van der Waals surface area contributed by atoms with Crippen LogP contribution >= 0.6 is 23.2 Å². The number of amides is 4. The number of halogens is 2. The van der Waals surface area contributed by atoms with Gasteiger partial charge in [0.1, 0.15) is 6.54 Å². The Balaban J connectivity index is 1.33. The molecule has 4 rings (SSSR count). The Hall–Kier alpha value is -2.90. The summed E-state index contributed by atoms with van der Waals surface area (Å²) in [5.74, 6) is -1.56. The second-order valence-electron chi connectivity index (χ2n) is 7.95. The van der Waals surface area contributed by atoms with Crippen LogP contribution in [0.4, 0.5) is 0 Å². The number of hydrogen-bond acceptors (Lipinski definition) is 4. The van der Waals surface area contributed by atoms with Gasteiger partial charge in [0.2, 0.25) is 5.91 Å². The molecule has 0 aliphatic carbocycles. The molecule has 0 bridgehead atoms. The van der Waals surface area contributed by atoms with E-state index in [0.717, 1.165) is 10.5 Å². The Bertz CT molecular complexity index is 1090. The van der Waals surface area contributed by atoms with Gasteiger partial charge in [-0.3, -0.25) is 24.1 Å². The maximum absolute atomic E-state index is 12.8. The normalized spacial score (nSPS) is 16.3. The summed E-state index contributed by atoms with van der Waals surface area (Å²) >= 11 is 11.9. The van der Waals surface area contributed by atoms with Gasteiger partial charge in [-0.05, 0) is 43.5 Å². The molecule has 0 spiro atoms. The van der Waals surface area contributed by atoms with Crippen molar-refractivity contribution in [3.63, 3.8) is 0 Å². The molecule has 2 aromatic rings. The van der Waals surface area contributed by atoms with E-state index in [0.29, 0.717) is 31.5 Å². The standard InChI is InChI=1S/C23H21Cl2N3O4/c1-13-4-2-3-5-15(13)21(30)26-14-6-8-27(9-7-14)20(29)12-28-22(31)16-10-18(24)19(25)11-17(16)23(28)32/h2-5,10-11,14H,6-9,12H2,1H3,(H,26,30). The SMILES string of the molecule is Cc1ccccc1C(=O)NC1CCN(C(=O)CN2C(=O)c3cc(Cl)c(Cl)cc3C2=O)CC1. The first kappa shape index (κ1) is 22.3. The lowest BCUT2D eigenvalue weighted by atomic mass is 10.0. The summed E-state index contributed by atoms with van der Waals surface area (Å²) in [6.07, 6.45) is 1.19. The number of hydrogen-bond donors (Lipinski definition) is 1. The van der Waals surface area contributed by atoms with E-state index in [1.54, 1.807) is 11.0 Å². The molecular weight excluding hydrogens is 453 g/mol. The maximum Gasteiger partial charge on any atom is 0.262 e. The van der Waals surface area contributed by atoms with Crippen molar-refractivity contribution < 1.29 is 19.2 Å². The van der Waals surface area contributed by atoms with Crippen LogP contribution in [0.25, 0.3) is 0 Å². The maximum atomic E-state index is 12.8. The Morgan fingerprint density at radius 3 is 2.12 bits per heavy atom. The molecule has 1 N–H and O–H groups in total. The number of carbonyl (C=O) groups is 4. The zero-order chi connectivity index (χ0) is 23.0. The van der Waals surface area contributed by atoms with Crippen molar-refractivity contribution in [1.82, 2.24) is 15.1 Å². The quantitative estimate of drug-likeness (QED) is 0.689. The molecule has 2 heterocycles. The number of carbonyl (C=O) groups excluding carboxylic acids is 4. The van der Waals surface area contributed by atoms with Crippen LogP contribution in [0, 0.1) is 6.92 Å². The number of rotatable bonds is 4. The summed E-state index contributed by atoms with van der Waals surface area (Å²) in [4.78, 5) is 53.0. The smallest absolute Gasteiger partial charge is 0.262 e. The summed E-state index contributed by atoms with van der Waals surface area (Å²) < 4.78 is 0. The van der Waals surface area contributed by atoms with Crippen LogP contribution in [-0.2, 0) is 4.79 Å². The third-order valence-corrected chi connectivity index (χ3v) is 6.60. The summed E-state index contributed by atoms with van der Waals surface area (Å²) in [7, 11) is 0. The van der Waals surface area contributed by atoms with E-state index >= 15 is 0 Å². The lowest BCUT2D eigenvalue weighted by molar-refractivity contribution is -0.132. The van der Waals surface area contributed by atoms with Crippen LogP contribution in [0.15, 0.2) is 36.4 Å². The molecule has 2 aliphatic rings. The Morgan fingerprint density at radius 1 is 1.00 bits per heavy atom. The largest absolute Gasteiger partial charge is 0.349 e. The predicted octanol–water partition coefficient (Wildman–Crippen LogP) is 3.32. The van der Waals surface area contributed by atoms with Gasteiger partial charge in [0.05, 0.1) is 21.2 Å². The molecule has 0 unspecified atom stereocenters. The first-order valence-electron chi connectivity index (χ1n) is 10.3. The van der Waals surface area contributed by atoms with Crippen molar-refractivity contribution in [3.05, 3.63) is 68.7 Å². The van der Waals surface area contributed by atoms with Crippen LogP contribution in [-0.4, -0.2) is 59.1 Å². The van der Waals surface area contributed by atoms with E-state index in [9.17, 15) is 19.2 Å². The lowest BCUT2D eigenvalue weighted by Crippen LogP contribution is -2.49. The van der Waals surface area contributed by atoms with Gasteiger partial charge in [0.25, 0.3) is 17.7 Å². The molecule has 1 fully saturated rings. The second kappa shape index (κ2) is 8.92. The molecular formula is C23H21Cl2N3O4. The molecule has 0 saturated carbocycles. The third-order valence-electron chi connectivity index (χ3n) is 5.88. The van der Waals surface area contributed by atoms with Crippen LogP contribution in [0.3, 0.4) is 0 Å². The highest BCUT2D eigenvalue weighted by atomic mass is 35.5. The topological polar surface area (TPSA) is 86.8 Å². The minimum absolute atomic E-state index is 0.0465. The van der Waals surface area contributed by atoms with E-state index in [-0.39, 0.29) is 45.6 Å². The van der Waals surface area contributed by atoms with Gasteiger partial charge in [-0.15, -0.1) is 0 Å². The van der Waals surface area contributed by atoms with Crippen LogP contribution in [0.2, 0.25) is 10.0 Å². The van der Waals surface area contributed by atoms with Crippen LogP contribution < -0.4 is 5.32 Å². The molecule has 2 aromatic carbocycles. The van der Waals surface area contributed by atoms with Gasteiger partial charge in [-0.2, -0.15) is 0 Å². The fourth-order valence-corrected chi connectivity index (χ4v) is 4.35. The van der Waals surface area contributed by atoms with E-state index in [1.807, 2.05) is 25.1 Å². The average Bonchev–Trinajstić information content (AvgIpc) is 2.99. The number of likely N-dealkylation sites (tertiary alicyclic amines) is 1. The third kappa shape index (κ3) is 4.23. The van der Waals surface area contributed by atoms with Crippen molar-refractivity contribution in [2.45, 2.75) is 25.8 Å². The highest BCUT2D eigenvalue weighted by Crippen LogP contribution is 2.31. The fraction of sp³-hybridized carbons (Fsp3) is 0.304. The molecule has 0 atom stereocenters. The molecule has 2 aliphatic heterocycles. The number of piperidine rings is 1. The minimum atomic E-state index is -0.558. The zero-order valence-corrected chi connectivity index (χ0v) is 18.9. The second-order valence-corrected chi connectivity index (χ2v) is 8.77. The van der Waals surface area contributed by atoms with Gasteiger partial charge in [0, 0.05) is 24.7 Å². The van der Waals surface area contributed by atoms with Crippen LogP contribution in [0.1, 0.15) is 49.5 Å². The van der Waals surface area contributed by atoms with Crippen molar-refractivity contribution in [1.29, 1.82) is 0 Å². The van der Waals surface area contributed by atoms with Crippen LogP contribution in [0.5, 0.6) is 0 Å². The fourth-order valence-electron chi connectivity index (χ4n) is 4.03. The Labute approximate surface area is 195 Å². The van der Waals surface area contributed by atoms with Gasteiger partial charge in [-0.25, -0.2) is 0 Å². The van der Waals surface area contributed by atoms with Crippen molar-refractivity contribution in [3.8, 4) is 0 Å². The number of nitrogens with one attached hydrogen (secondary N) is 1. The summed E-state index contributed by atoms with van der Waals surface area (Å²) in [6.45, 7) is 2.40. The number of nitrogens with zero attached hydrogens (tertiary/aromatic N) is 2. The molecule has 7 nitrogen and oxygen atoms in total. The van der Waals surface area contributed by atoms with Crippen molar-refractivity contribution >= 4 is 46.8 Å². The Morgan fingerprint density at radius 2 is 1.56 bits per heavy atom. The monoisotopic (exact) mass is 473 g/mol. The van der Waals surface area contributed by atoms with E-state index < -0.39 is 11.8 Å². The van der Waals surface area contributed by atoms with Gasteiger partial charge in [0.15, 0.2) is 0 Å². The highest BCUT2D eigenvalue weighted by molar-refractivity contribution is 6.43. The number of benzene rings is 2. The van der Waals surface area contributed by atoms with Crippen molar-refractivity contribution in [2.24, 2.45) is 0 Å². The summed E-state index contributed by atoms with van der Waals surface area (Å²) in [5.41, 5.74) is 1.84. The molecule has 0 radical (unpaired) electrons. The molecule has 9 heteroatoms. The van der Waals surface area contributed by atoms with E-state index in [4.69, 9.17) is 23.2 Å². The van der Waals surface area contributed by atoms with Gasteiger partial charge >= 0.3 is 0 Å². The van der Waals surface area contributed by atoms with Crippen molar-refractivity contribution in [2.75, 3.05) is 19.6 Å². The molecule has 32 heavy (non-hydrogen) atoms. The number of imide groups is 1. The van der Waals surface area contributed by atoms with Gasteiger partial charge in [-0.1, -0.05) is 41.4 Å². The minimum Gasteiger partial charge on any atom is -0.349 e.